The number of hydrogen-bond donors (Lipinski definition) is 2. The minimum absolute atomic E-state index is 0.0369. The smallest absolute Gasteiger partial charge is 0.384 e. The maximum atomic E-state index is 13.0. The Labute approximate surface area is 115 Å². The molecule has 1 saturated carbocycles. The molecule has 1 aromatic rings. The second kappa shape index (κ2) is 5.00. The number of benzene rings is 1. The molecule has 20 heavy (non-hydrogen) atoms. The molecule has 110 valence electrons. The van der Waals surface area contributed by atoms with Gasteiger partial charge in [0.25, 0.3) is 5.91 Å². The first-order valence-electron chi connectivity index (χ1n) is 6.53. The summed E-state index contributed by atoms with van der Waals surface area (Å²) >= 11 is 0. The van der Waals surface area contributed by atoms with E-state index in [1.54, 1.807) is 6.92 Å². The predicted octanol–water partition coefficient (Wildman–Crippen LogP) is 3.42. The molecule has 0 saturated heterocycles. The summed E-state index contributed by atoms with van der Waals surface area (Å²) in [6, 6.07) is 3.65. The van der Waals surface area contributed by atoms with Crippen LogP contribution in [-0.4, -0.2) is 18.0 Å². The van der Waals surface area contributed by atoms with Crippen LogP contribution in [0, 0.1) is 0 Å². The molecular weight excluding hydrogens is 269 g/mol. The van der Waals surface area contributed by atoms with E-state index in [2.05, 4.69) is 10.6 Å². The van der Waals surface area contributed by atoms with Crippen molar-refractivity contribution in [1.29, 1.82) is 0 Å². The number of carbonyl (C=O) groups excluding carboxylic acids is 1. The fourth-order valence-electron chi connectivity index (χ4n) is 2.00. The Morgan fingerprint density at radius 3 is 2.50 bits per heavy atom. The largest absolute Gasteiger partial charge is 0.418 e. The highest BCUT2D eigenvalue weighted by Gasteiger charge is 2.40. The maximum Gasteiger partial charge on any atom is 0.418 e. The van der Waals surface area contributed by atoms with Gasteiger partial charge in [-0.1, -0.05) is 6.07 Å². The first-order valence-corrected chi connectivity index (χ1v) is 6.53. The van der Waals surface area contributed by atoms with Crippen molar-refractivity contribution < 1.29 is 18.0 Å². The number of alkyl halides is 3. The second-order valence-corrected chi connectivity index (χ2v) is 5.27. The Kier molecular flexibility index (Phi) is 3.67. The van der Waals surface area contributed by atoms with Gasteiger partial charge in [-0.15, -0.1) is 0 Å². The zero-order valence-corrected chi connectivity index (χ0v) is 11.4. The molecule has 0 bridgehead atoms. The van der Waals surface area contributed by atoms with Crippen molar-refractivity contribution >= 4 is 11.6 Å². The van der Waals surface area contributed by atoms with Crippen LogP contribution in [0.1, 0.15) is 42.6 Å². The number of anilines is 1. The lowest BCUT2D eigenvalue weighted by Gasteiger charge is -2.19. The van der Waals surface area contributed by atoms with E-state index in [1.165, 1.54) is 12.1 Å². The monoisotopic (exact) mass is 286 g/mol. The van der Waals surface area contributed by atoms with Gasteiger partial charge in [0.15, 0.2) is 0 Å². The maximum absolute atomic E-state index is 13.0. The Morgan fingerprint density at radius 1 is 1.35 bits per heavy atom. The molecule has 0 atom stereocenters. The summed E-state index contributed by atoms with van der Waals surface area (Å²) in [5, 5.41) is 5.44. The molecule has 1 amide bonds. The van der Waals surface area contributed by atoms with E-state index in [-0.39, 0.29) is 16.8 Å². The van der Waals surface area contributed by atoms with Crippen LogP contribution in [0.4, 0.5) is 18.9 Å². The first-order chi connectivity index (χ1) is 9.27. The molecule has 6 heteroatoms. The Balaban J connectivity index is 2.38. The van der Waals surface area contributed by atoms with Crippen LogP contribution in [0.15, 0.2) is 18.2 Å². The van der Waals surface area contributed by atoms with Gasteiger partial charge in [0.05, 0.1) is 16.8 Å². The third-order valence-electron chi connectivity index (χ3n) is 3.38. The SMILES string of the molecule is CCNc1c(C(=O)NC2(C)CC2)cccc1C(F)(F)F. The molecule has 1 aromatic carbocycles. The van der Waals surface area contributed by atoms with E-state index >= 15 is 0 Å². The number of hydrogen-bond acceptors (Lipinski definition) is 2. The van der Waals surface area contributed by atoms with E-state index in [1.807, 2.05) is 6.92 Å². The lowest BCUT2D eigenvalue weighted by Crippen LogP contribution is -2.35. The van der Waals surface area contributed by atoms with Crippen LogP contribution in [-0.2, 0) is 6.18 Å². The van der Waals surface area contributed by atoms with Crippen molar-refractivity contribution in [3.05, 3.63) is 29.3 Å². The Morgan fingerprint density at radius 2 is 2.00 bits per heavy atom. The Hall–Kier alpha value is -1.72. The molecule has 0 aromatic heterocycles. The highest BCUT2D eigenvalue weighted by Crippen LogP contribution is 2.38. The molecule has 2 rings (SSSR count). The summed E-state index contributed by atoms with van der Waals surface area (Å²) in [6.45, 7) is 3.88. The average Bonchev–Trinajstić information content (AvgIpc) is 3.05. The molecular formula is C14H17F3N2O. The van der Waals surface area contributed by atoms with Crippen molar-refractivity contribution in [1.82, 2.24) is 5.32 Å². The molecule has 0 spiro atoms. The zero-order valence-electron chi connectivity index (χ0n) is 11.4. The van der Waals surface area contributed by atoms with Crippen molar-refractivity contribution in [2.75, 3.05) is 11.9 Å². The summed E-state index contributed by atoms with van der Waals surface area (Å²) in [4.78, 5) is 12.2. The Bertz CT molecular complexity index is 522. The van der Waals surface area contributed by atoms with Crippen LogP contribution >= 0.6 is 0 Å². The van der Waals surface area contributed by atoms with Crippen LogP contribution in [0.5, 0.6) is 0 Å². The van der Waals surface area contributed by atoms with Gasteiger partial charge in [-0.05, 0) is 38.8 Å². The lowest BCUT2D eigenvalue weighted by molar-refractivity contribution is -0.136. The van der Waals surface area contributed by atoms with E-state index in [4.69, 9.17) is 0 Å². The minimum Gasteiger partial charge on any atom is -0.384 e. The highest BCUT2D eigenvalue weighted by atomic mass is 19.4. The summed E-state index contributed by atoms with van der Waals surface area (Å²) in [5.74, 6) is -0.466. The molecule has 3 nitrogen and oxygen atoms in total. The third kappa shape index (κ3) is 3.05. The van der Waals surface area contributed by atoms with Crippen molar-refractivity contribution in [2.45, 2.75) is 38.4 Å². The molecule has 0 unspecified atom stereocenters. The van der Waals surface area contributed by atoms with Gasteiger partial charge in [-0.3, -0.25) is 4.79 Å². The second-order valence-electron chi connectivity index (χ2n) is 5.27. The average molecular weight is 286 g/mol. The number of para-hydroxylation sites is 1. The molecule has 1 aliphatic rings. The van der Waals surface area contributed by atoms with Gasteiger partial charge in [0.2, 0.25) is 0 Å². The molecule has 0 radical (unpaired) electrons. The number of rotatable bonds is 4. The number of nitrogens with one attached hydrogen (secondary N) is 2. The molecule has 1 aliphatic carbocycles. The van der Waals surface area contributed by atoms with Crippen molar-refractivity contribution in [2.24, 2.45) is 0 Å². The van der Waals surface area contributed by atoms with Gasteiger partial charge in [-0.25, -0.2) is 0 Å². The topological polar surface area (TPSA) is 41.1 Å². The predicted molar refractivity (Wildman–Crippen MR) is 70.7 cm³/mol. The van der Waals surface area contributed by atoms with E-state index in [9.17, 15) is 18.0 Å². The summed E-state index contributed by atoms with van der Waals surface area (Å²) in [7, 11) is 0. The van der Waals surface area contributed by atoms with Gasteiger partial charge in [0, 0.05) is 12.1 Å². The molecule has 1 fully saturated rings. The number of amides is 1. The van der Waals surface area contributed by atoms with Gasteiger partial charge >= 0.3 is 6.18 Å². The fourth-order valence-corrected chi connectivity index (χ4v) is 2.00. The first kappa shape index (κ1) is 14.7. The van der Waals surface area contributed by atoms with Crippen LogP contribution < -0.4 is 10.6 Å². The highest BCUT2D eigenvalue weighted by molar-refractivity contribution is 6.01. The third-order valence-corrected chi connectivity index (χ3v) is 3.38. The van der Waals surface area contributed by atoms with Gasteiger partial charge in [0.1, 0.15) is 0 Å². The number of halogens is 3. The molecule has 0 heterocycles. The fraction of sp³-hybridized carbons (Fsp3) is 0.500. The number of carbonyl (C=O) groups is 1. The zero-order chi connectivity index (χ0) is 15.0. The summed E-state index contributed by atoms with van der Waals surface area (Å²) in [5.41, 5.74) is -1.19. The standard InChI is InChI=1S/C14H17F3N2O/c1-3-18-11-9(12(20)19-13(2)7-8-13)5-4-6-10(11)14(15,16)17/h4-6,18H,3,7-8H2,1-2H3,(H,19,20). The van der Waals surface area contributed by atoms with E-state index in [0.29, 0.717) is 6.54 Å². The van der Waals surface area contributed by atoms with E-state index in [0.717, 1.165) is 18.9 Å². The van der Waals surface area contributed by atoms with Crippen LogP contribution in [0.25, 0.3) is 0 Å². The van der Waals surface area contributed by atoms with Crippen LogP contribution in [0.2, 0.25) is 0 Å². The minimum atomic E-state index is -4.49. The van der Waals surface area contributed by atoms with Gasteiger partial charge in [-0.2, -0.15) is 13.2 Å². The summed E-state index contributed by atoms with van der Waals surface area (Å²) in [6.07, 6.45) is -2.78. The van der Waals surface area contributed by atoms with E-state index < -0.39 is 17.6 Å². The quantitative estimate of drug-likeness (QED) is 0.890. The molecule has 2 N–H and O–H groups in total. The molecule has 0 aliphatic heterocycles. The normalized spacial score (nSPS) is 16.6. The lowest BCUT2D eigenvalue weighted by atomic mass is 10.0. The van der Waals surface area contributed by atoms with Crippen LogP contribution in [0.3, 0.4) is 0 Å². The summed E-state index contributed by atoms with van der Waals surface area (Å²) < 4.78 is 39.0. The van der Waals surface area contributed by atoms with Gasteiger partial charge < -0.3 is 10.6 Å². The van der Waals surface area contributed by atoms with Crippen molar-refractivity contribution in [3.8, 4) is 0 Å². The van der Waals surface area contributed by atoms with Crippen molar-refractivity contribution in [3.63, 3.8) is 0 Å².